The van der Waals surface area contributed by atoms with Crippen molar-refractivity contribution in [3.8, 4) is 11.5 Å². The van der Waals surface area contributed by atoms with Gasteiger partial charge in [-0.1, -0.05) is 6.42 Å². The lowest BCUT2D eigenvalue weighted by Crippen LogP contribution is -2.33. The molecule has 2 aromatic heterocycles. The van der Waals surface area contributed by atoms with Crippen LogP contribution < -0.4 is 10.6 Å². The highest BCUT2D eigenvalue weighted by Crippen LogP contribution is 2.32. The van der Waals surface area contributed by atoms with Crippen molar-refractivity contribution in [1.82, 2.24) is 9.97 Å². The summed E-state index contributed by atoms with van der Waals surface area (Å²) in [6.45, 7) is 0. The van der Waals surface area contributed by atoms with Crippen LogP contribution in [-0.4, -0.2) is 32.0 Å². The monoisotopic (exact) mass is 356 g/mol. The number of rotatable bonds is 4. The van der Waals surface area contributed by atoms with Crippen molar-refractivity contribution in [1.29, 1.82) is 0 Å². The van der Waals surface area contributed by atoms with E-state index in [2.05, 4.69) is 20.6 Å². The summed E-state index contributed by atoms with van der Waals surface area (Å²) in [7, 11) is 0. The molecule has 0 bridgehead atoms. The van der Waals surface area contributed by atoms with E-state index < -0.39 is 0 Å². The number of carbonyl (C=O) groups excluding carboxylic acids is 2. The number of carbonyl (C=O) groups is 2. The zero-order valence-electron chi connectivity index (χ0n) is 14.1. The molecule has 1 saturated carbocycles. The molecule has 4 N–H and O–H groups in total. The van der Waals surface area contributed by atoms with E-state index in [9.17, 15) is 19.8 Å². The van der Waals surface area contributed by atoms with Crippen molar-refractivity contribution < 1.29 is 19.8 Å². The molecule has 0 saturated heterocycles. The summed E-state index contributed by atoms with van der Waals surface area (Å²) in [5.74, 6) is -1.20. The molecule has 0 unspecified atom stereocenters. The number of pyridine rings is 2. The zero-order chi connectivity index (χ0) is 18.5. The SMILES string of the molecule is O=C(Nc1ncccc1O)[C@@H]1CCC[C@H](C(=O)Nc2ncccc2O)C1. The summed E-state index contributed by atoms with van der Waals surface area (Å²) in [6.07, 6.45) is 5.41. The molecular formula is C18H20N4O4. The Morgan fingerprint density at radius 2 is 1.35 bits per heavy atom. The van der Waals surface area contributed by atoms with Gasteiger partial charge in [-0.2, -0.15) is 0 Å². The van der Waals surface area contributed by atoms with Crippen LogP contribution in [0.5, 0.6) is 11.5 Å². The maximum Gasteiger partial charge on any atom is 0.228 e. The van der Waals surface area contributed by atoms with E-state index in [1.807, 2.05) is 0 Å². The van der Waals surface area contributed by atoms with Gasteiger partial charge in [-0.15, -0.1) is 0 Å². The predicted octanol–water partition coefficient (Wildman–Crippen LogP) is 2.27. The summed E-state index contributed by atoms with van der Waals surface area (Å²) >= 11 is 0. The van der Waals surface area contributed by atoms with E-state index in [0.29, 0.717) is 19.3 Å². The van der Waals surface area contributed by atoms with Crippen LogP contribution in [-0.2, 0) is 9.59 Å². The van der Waals surface area contributed by atoms with Crippen LogP contribution in [0.25, 0.3) is 0 Å². The van der Waals surface area contributed by atoms with Gasteiger partial charge in [0.05, 0.1) is 0 Å². The fraction of sp³-hybridized carbons (Fsp3) is 0.333. The average Bonchev–Trinajstić information content (AvgIpc) is 2.65. The average molecular weight is 356 g/mol. The first-order valence-corrected chi connectivity index (χ1v) is 8.44. The van der Waals surface area contributed by atoms with Crippen LogP contribution in [0.2, 0.25) is 0 Å². The second-order valence-electron chi connectivity index (χ2n) is 6.28. The minimum absolute atomic E-state index is 0.100. The van der Waals surface area contributed by atoms with Crippen molar-refractivity contribution in [2.75, 3.05) is 10.6 Å². The molecule has 2 amide bonds. The zero-order valence-corrected chi connectivity index (χ0v) is 14.1. The number of aromatic nitrogens is 2. The lowest BCUT2D eigenvalue weighted by molar-refractivity contribution is -0.124. The molecule has 136 valence electrons. The summed E-state index contributed by atoms with van der Waals surface area (Å²) in [6, 6.07) is 6.02. The first-order valence-electron chi connectivity index (χ1n) is 8.44. The molecule has 2 aromatic rings. The fourth-order valence-corrected chi connectivity index (χ4v) is 3.09. The summed E-state index contributed by atoms with van der Waals surface area (Å²) in [5.41, 5.74) is 0. The maximum atomic E-state index is 12.5. The van der Waals surface area contributed by atoms with E-state index in [1.54, 1.807) is 12.1 Å². The highest BCUT2D eigenvalue weighted by molar-refractivity contribution is 5.95. The molecule has 1 aliphatic rings. The van der Waals surface area contributed by atoms with Crippen LogP contribution in [0.15, 0.2) is 36.7 Å². The van der Waals surface area contributed by atoms with E-state index in [-0.39, 0.29) is 46.8 Å². The van der Waals surface area contributed by atoms with E-state index >= 15 is 0 Å². The van der Waals surface area contributed by atoms with Gasteiger partial charge in [0.1, 0.15) is 0 Å². The standard InChI is InChI=1S/C18H20N4O4/c23-13-6-2-8-19-15(13)21-17(25)11-4-1-5-12(10-11)18(26)22-16-14(24)7-3-9-20-16/h2-3,6-9,11-12,23-24H,1,4-5,10H2,(H,19,21,25)(H,20,22,26)/t11-,12+. The predicted molar refractivity (Wildman–Crippen MR) is 94.5 cm³/mol. The number of nitrogens with one attached hydrogen (secondary N) is 2. The Morgan fingerprint density at radius 3 is 1.77 bits per heavy atom. The molecule has 1 aliphatic carbocycles. The molecule has 26 heavy (non-hydrogen) atoms. The third-order valence-electron chi connectivity index (χ3n) is 4.47. The largest absolute Gasteiger partial charge is 0.504 e. The van der Waals surface area contributed by atoms with Crippen LogP contribution in [0, 0.1) is 11.8 Å². The topological polar surface area (TPSA) is 124 Å². The molecule has 2 atom stereocenters. The van der Waals surface area contributed by atoms with Gasteiger partial charge in [0.15, 0.2) is 23.1 Å². The van der Waals surface area contributed by atoms with Crippen LogP contribution in [0.3, 0.4) is 0 Å². The molecule has 2 heterocycles. The van der Waals surface area contributed by atoms with Crippen molar-refractivity contribution in [3.63, 3.8) is 0 Å². The number of aromatic hydroxyl groups is 2. The molecule has 8 nitrogen and oxygen atoms in total. The van der Waals surface area contributed by atoms with Gasteiger partial charge >= 0.3 is 0 Å². The Morgan fingerprint density at radius 1 is 0.885 bits per heavy atom. The Bertz CT molecular complexity index is 746. The van der Waals surface area contributed by atoms with E-state index in [0.717, 1.165) is 6.42 Å². The number of hydrogen-bond donors (Lipinski definition) is 4. The minimum atomic E-state index is -0.349. The Hall–Kier alpha value is -3.16. The van der Waals surface area contributed by atoms with Gasteiger partial charge in [0.25, 0.3) is 0 Å². The Kier molecular flexibility index (Phi) is 5.31. The van der Waals surface area contributed by atoms with Crippen molar-refractivity contribution in [3.05, 3.63) is 36.7 Å². The lowest BCUT2D eigenvalue weighted by Gasteiger charge is -2.27. The van der Waals surface area contributed by atoms with Gasteiger partial charge in [0.2, 0.25) is 11.8 Å². The molecule has 3 rings (SSSR count). The van der Waals surface area contributed by atoms with Gasteiger partial charge in [-0.3, -0.25) is 9.59 Å². The van der Waals surface area contributed by atoms with E-state index in [1.165, 1.54) is 24.5 Å². The van der Waals surface area contributed by atoms with Gasteiger partial charge in [-0.05, 0) is 43.5 Å². The van der Waals surface area contributed by atoms with Gasteiger partial charge in [-0.25, -0.2) is 9.97 Å². The van der Waals surface area contributed by atoms with Gasteiger partial charge in [0, 0.05) is 24.2 Å². The highest BCUT2D eigenvalue weighted by atomic mass is 16.3. The van der Waals surface area contributed by atoms with Crippen LogP contribution >= 0.6 is 0 Å². The molecule has 0 spiro atoms. The third kappa shape index (κ3) is 4.08. The first kappa shape index (κ1) is 17.7. The van der Waals surface area contributed by atoms with E-state index in [4.69, 9.17) is 0 Å². The van der Waals surface area contributed by atoms with Crippen molar-refractivity contribution in [2.24, 2.45) is 11.8 Å². The fourth-order valence-electron chi connectivity index (χ4n) is 3.09. The van der Waals surface area contributed by atoms with Crippen molar-refractivity contribution in [2.45, 2.75) is 25.7 Å². The molecule has 0 aromatic carbocycles. The molecular weight excluding hydrogens is 336 g/mol. The number of anilines is 2. The summed E-state index contributed by atoms with van der Waals surface area (Å²) in [5, 5.41) is 24.7. The van der Waals surface area contributed by atoms with Gasteiger partial charge < -0.3 is 20.8 Å². The highest BCUT2D eigenvalue weighted by Gasteiger charge is 2.32. The number of nitrogens with zero attached hydrogens (tertiary/aromatic N) is 2. The maximum absolute atomic E-state index is 12.5. The number of amides is 2. The first-order chi connectivity index (χ1) is 12.5. The normalized spacial score (nSPS) is 19.5. The van der Waals surface area contributed by atoms with Crippen LogP contribution in [0.4, 0.5) is 11.6 Å². The summed E-state index contributed by atoms with van der Waals surface area (Å²) in [4.78, 5) is 32.8. The molecule has 8 heteroatoms. The smallest absolute Gasteiger partial charge is 0.228 e. The second-order valence-corrected chi connectivity index (χ2v) is 6.28. The quantitative estimate of drug-likeness (QED) is 0.666. The molecule has 0 radical (unpaired) electrons. The summed E-state index contributed by atoms with van der Waals surface area (Å²) < 4.78 is 0. The Balaban J connectivity index is 1.61. The number of hydrogen-bond acceptors (Lipinski definition) is 6. The Labute approximate surface area is 150 Å². The third-order valence-corrected chi connectivity index (χ3v) is 4.47. The minimum Gasteiger partial charge on any atom is -0.504 e. The molecule has 0 aliphatic heterocycles. The lowest BCUT2D eigenvalue weighted by atomic mass is 9.80. The van der Waals surface area contributed by atoms with Crippen molar-refractivity contribution >= 4 is 23.5 Å². The second kappa shape index (κ2) is 7.81. The molecule has 1 fully saturated rings. The van der Waals surface area contributed by atoms with Crippen LogP contribution in [0.1, 0.15) is 25.7 Å².